The van der Waals surface area contributed by atoms with Gasteiger partial charge in [-0.25, -0.2) is 0 Å². The van der Waals surface area contributed by atoms with Gasteiger partial charge in [-0.3, -0.25) is 4.79 Å². The summed E-state index contributed by atoms with van der Waals surface area (Å²) in [5.41, 5.74) is 0. The maximum Gasteiger partial charge on any atom is 2.00 e. The van der Waals surface area contributed by atoms with Gasteiger partial charge < -0.3 is 19.8 Å². The number of aliphatic carboxylic acids is 2. The number of hydrogen-bond donors (Lipinski definition) is 0. The van der Waals surface area contributed by atoms with Crippen LogP contribution in [-0.4, -0.2) is 35.1 Å². The van der Waals surface area contributed by atoms with Gasteiger partial charge in [0, 0.05) is 18.4 Å². The molecule has 0 fully saturated rings. The van der Waals surface area contributed by atoms with Crippen molar-refractivity contribution >= 4 is 35.1 Å². The Balaban J connectivity index is -0.000000665. The molecular weight excluding hydrogens is 371 g/mol. The van der Waals surface area contributed by atoms with E-state index in [1.807, 2.05) is 0 Å². The molecule has 0 aromatic rings. The van der Waals surface area contributed by atoms with Gasteiger partial charge >= 0.3 is 17.4 Å². The third-order valence-corrected chi connectivity index (χ3v) is 4.04. The molecule has 0 unspecified atom stereocenters. The predicted molar refractivity (Wildman–Crippen MR) is 111 cm³/mol. The zero-order chi connectivity index (χ0) is 20.8. The zero-order valence-electron chi connectivity index (χ0n) is 17.9. The minimum absolute atomic E-state index is 0. The molecule has 0 aromatic heterocycles. The summed E-state index contributed by atoms with van der Waals surface area (Å²) < 4.78 is 0. The van der Waals surface area contributed by atoms with Gasteiger partial charge in [-0.15, -0.1) is 0 Å². The van der Waals surface area contributed by atoms with Gasteiger partial charge in [0.2, 0.25) is 0 Å². The number of carbonyl (C=O) groups is 3. The smallest absolute Gasteiger partial charge is 0.550 e. The van der Waals surface area contributed by atoms with Crippen LogP contribution in [0.2, 0.25) is 0 Å². The molecule has 0 aliphatic heterocycles. The van der Waals surface area contributed by atoms with Gasteiger partial charge in [-0.2, -0.15) is 0 Å². The normalized spacial score (nSPS) is 10.1. The molecule has 5 nitrogen and oxygen atoms in total. The molecule has 0 rings (SSSR count). The van der Waals surface area contributed by atoms with E-state index in [9.17, 15) is 24.6 Å². The van der Waals surface area contributed by atoms with E-state index in [1.54, 1.807) is 0 Å². The van der Waals surface area contributed by atoms with E-state index in [0.717, 1.165) is 19.3 Å². The van der Waals surface area contributed by atoms with E-state index < -0.39 is 18.4 Å². The molecular formula is C22H38AlO5. The molecule has 0 bridgehead atoms. The summed E-state index contributed by atoms with van der Waals surface area (Å²) in [6, 6.07) is 0. The second-order valence-electron chi connectivity index (χ2n) is 6.96. The minimum atomic E-state index is -1.31. The summed E-state index contributed by atoms with van der Waals surface area (Å²) >= 11 is 0. The van der Waals surface area contributed by atoms with Crippen LogP contribution in [0.1, 0.15) is 110 Å². The van der Waals surface area contributed by atoms with Crippen molar-refractivity contribution < 1.29 is 24.6 Å². The van der Waals surface area contributed by atoms with Gasteiger partial charge in [-0.05, 0) is 45.4 Å². The molecule has 0 amide bonds. The van der Waals surface area contributed by atoms with Crippen molar-refractivity contribution in [3.05, 3.63) is 12.2 Å². The average Bonchev–Trinajstić information content (AvgIpc) is 2.57. The SMILES string of the molecule is CC(=O)CC(=O)[O-].CCCCCCCC/C=C\CCCCCCCC(=O)[O-].[Al+2]. The Morgan fingerprint density at radius 3 is 1.46 bits per heavy atom. The first kappa shape index (κ1) is 31.6. The van der Waals surface area contributed by atoms with Crippen LogP contribution in [-0.2, 0) is 14.4 Å². The number of hydrogen-bond acceptors (Lipinski definition) is 5. The Bertz CT molecular complexity index is 396. The maximum atomic E-state index is 10.2. The fourth-order valence-corrected chi connectivity index (χ4v) is 2.54. The Hall–Kier alpha value is -1.12. The van der Waals surface area contributed by atoms with Crippen LogP contribution in [0.3, 0.4) is 0 Å². The number of ketones is 1. The van der Waals surface area contributed by atoms with Crippen LogP contribution >= 0.6 is 0 Å². The van der Waals surface area contributed by atoms with Crippen LogP contribution in [0.5, 0.6) is 0 Å². The number of Topliss-reactive ketones (excluding diaryl/α,β-unsaturated/α-hetero) is 1. The van der Waals surface area contributed by atoms with Crippen molar-refractivity contribution in [2.45, 2.75) is 110 Å². The van der Waals surface area contributed by atoms with Crippen molar-refractivity contribution in [3.63, 3.8) is 0 Å². The van der Waals surface area contributed by atoms with Gasteiger partial charge in [0.1, 0.15) is 5.78 Å². The molecule has 0 heterocycles. The largest absolute Gasteiger partial charge is 2.00 e. The van der Waals surface area contributed by atoms with Gasteiger partial charge in [-0.1, -0.05) is 70.4 Å². The number of carboxylic acids is 2. The van der Waals surface area contributed by atoms with E-state index in [4.69, 9.17) is 0 Å². The van der Waals surface area contributed by atoms with Crippen molar-refractivity contribution in [3.8, 4) is 0 Å². The van der Waals surface area contributed by atoms with E-state index >= 15 is 0 Å². The van der Waals surface area contributed by atoms with Crippen LogP contribution in [0.25, 0.3) is 0 Å². The molecule has 0 atom stereocenters. The Kier molecular flexibility index (Phi) is 29.2. The van der Waals surface area contributed by atoms with E-state index in [1.165, 1.54) is 71.1 Å². The minimum Gasteiger partial charge on any atom is -0.550 e. The van der Waals surface area contributed by atoms with Crippen LogP contribution in [0.15, 0.2) is 12.2 Å². The molecule has 0 aliphatic carbocycles. The van der Waals surface area contributed by atoms with E-state index in [2.05, 4.69) is 19.1 Å². The molecule has 0 saturated heterocycles. The molecule has 6 heteroatoms. The van der Waals surface area contributed by atoms with Gasteiger partial charge in [0.05, 0.1) is 0 Å². The van der Waals surface area contributed by atoms with E-state index in [-0.39, 0.29) is 29.6 Å². The van der Waals surface area contributed by atoms with E-state index in [0.29, 0.717) is 0 Å². The topological polar surface area (TPSA) is 97.3 Å². The first-order chi connectivity index (χ1) is 12.9. The van der Waals surface area contributed by atoms with Crippen LogP contribution in [0, 0.1) is 0 Å². The number of carbonyl (C=O) groups excluding carboxylic acids is 3. The van der Waals surface area contributed by atoms with Crippen LogP contribution in [0.4, 0.5) is 0 Å². The molecule has 0 N–H and O–H groups in total. The molecule has 0 saturated carbocycles. The fourth-order valence-electron chi connectivity index (χ4n) is 2.54. The summed E-state index contributed by atoms with van der Waals surface area (Å²) in [5, 5.41) is 19.7. The monoisotopic (exact) mass is 409 g/mol. The van der Waals surface area contributed by atoms with Gasteiger partial charge in [0.15, 0.2) is 0 Å². The van der Waals surface area contributed by atoms with Crippen molar-refractivity contribution in [1.29, 1.82) is 0 Å². The third kappa shape index (κ3) is 35.9. The standard InChI is InChI=1S/C18H34O2.C4H6O3.Al/c1-2-3-4-5-6-7-8-9-10-11-12-13-14-15-16-17-18(19)20;1-3(5)2-4(6)7;/h9-10H,2-8,11-17H2,1H3,(H,19,20);2H2,1H3,(H,6,7);/q;;+2/p-2/b10-9-;;. The second-order valence-corrected chi connectivity index (χ2v) is 6.96. The number of allylic oxidation sites excluding steroid dienone is 2. The number of carboxylic acid groups (broad SMARTS) is 2. The summed E-state index contributed by atoms with van der Waals surface area (Å²) in [6.45, 7) is 3.46. The molecule has 0 spiro atoms. The molecule has 1 radical (unpaired) electrons. The average molecular weight is 410 g/mol. The van der Waals surface area contributed by atoms with Crippen molar-refractivity contribution in [2.75, 3.05) is 0 Å². The predicted octanol–water partition coefficient (Wildman–Crippen LogP) is 3.11. The molecule has 0 aliphatic rings. The third-order valence-electron chi connectivity index (χ3n) is 4.04. The number of rotatable bonds is 17. The van der Waals surface area contributed by atoms with Crippen molar-refractivity contribution in [2.24, 2.45) is 0 Å². The first-order valence-electron chi connectivity index (χ1n) is 10.4. The summed E-state index contributed by atoms with van der Waals surface area (Å²) in [6.07, 6.45) is 20.4. The zero-order valence-corrected chi connectivity index (χ0v) is 19.0. The maximum absolute atomic E-state index is 10.2. The summed E-state index contributed by atoms with van der Waals surface area (Å²) in [7, 11) is 0. The molecule has 28 heavy (non-hydrogen) atoms. The fraction of sp³-hybridized carbons (Fsp3) is 0.773. The Labute approximate surface area is 182 Å². The Morgan fingerprint density at radius 1 is 0.679 bits per heavy atom. The van der Waals surface area contributed by atoms with Crippen molar-refractivity contribution in [1.82, 2.24) is 0 Å². The summed E-state index contributed by atoms with van der Waals surface area (Å²) in [4.78, 5) is 29.5. The molecule has 159 valence electrons. The van der Waals surface area contributed by atoms with Gasteiger partial charge in [0.25, 0.3) is 0 Å². The molecule has 0 aromatic carbocycles. The second kappa shape index (κ2) is 25.9. The quantitative estimate of drug-likeness (QED) is 0.159. The number of unbranched alkanes of at least 4 members (excludes halogenated alkanes) is 11. The summed E-state index contributed by atoms with van der Waals surface area (Å²) in [5.74, 6) is -2.60. The Morgan fingerprint density at radius 2 is 1.11 bits per heavy atom. The van der Waals surface area contributed by atoms with Crippen LogP contribution < -0.4 is 10.2 Å². The first-order valence-corrected chi connectivity index (χ1v) is 10.4.